The van der Waals surface area contributed by atoms with Crippen LogP contribution in [-0.2, 0) is 6.54 Å². The summed E-state index contributed by atoms with van der Waals surface area (Å²) in [5.74, 6) is -2.01. The standard InChI is InChI=1S/C11H9F2N3S2/c12-9-7(11(14)17)1-2-8(10(9)13)16-4-6-3-15-5-18-6/h1-3,5,16H,4H2,(H2,14,17). The van der Waals surface area contributed by atoms with Crippen molar-refractivity contribution < 1.29 is 8.78 Å². The second-order valence-electron chi connectivity index (χ2n) is 3.47. The minimum absolute atomic E-state index is 0.0703. The van der Waals surface area contributed by atoms with Crippen LogP contribution in [0, 0.1) is 11.6 Å². The van der Waals surface area contributed by atoms with E-state index in [0.717, 1.165) is 4.88 Å². The van der Waals surface area contributed by atoms with E-state index >= 15 is 0 Å². The Morgan fingerprint density at radius 2 is 2.17 bits per heavy atom. The highest BCUT2D eigenvalue weighted by Gasteiger charge is 2.14. The molecule has 0 unspecified atom stereocenters. The molecule has 0 fully saturated rings. The van der Waals surface area contributed by atoms with E-state index in [1.54, 1.807) is 11.7 Å². The van der Waals surface area contributed by atoms with Gasteiger partial charge in [-0.1, -0.05) is 12.2 Å². The molecule has 1 aromatic heterocycles. The zero-order valence-corrected chi connectivity index (χ0v) is 10.7. The maximum absolute atomic E-state index is 13.7. The lowest BCUT2D eigenvalue weighted by atomic mass is 10.2. The van der Waals surface area contributed by atoms with Crippen LogP contribution in [0.5, 0.6) is 0 Å². The molecular formula is C11H9F2N3S2. The molecule has 0 radical (unpaired) electrons. The van der Waals surface area contributed by atoms with Crippen LogP contribution >= 0.6 is 23.6 Å². The molecule has 2 aromatic rings. The second kappa shape index (κ2) is 5.36. The first-order valence-corrected chi connectivity index (χ1v) is 6.27. The van der Waals surface area contributed by atoms with E-state index in [2.05, 4.69) is 22.5 Å². The van der Waals surface area contributed by atoms with Gasteiger partial charge in [0.2, 0.25) is 0 Å². The molecule has 0 aliphatic heterocycles. The van der Waals surface area contributed by atoms with Crippen LogP contribution in [0.1, 0.15) is 10.4 Å². The van der Waals surface area contributed by atoms with E-state index in [1.165, 1.54) is 23.5 Å². The molecule has 2 rings (SSSR count). The Morgan fingerprint density at radius 1 is 1.39 bits per heavy atom. The van der Waals surface area contributed by atoms with Crippen molar-refractivity contribution in [2.75, 3.05) is 5.32 Å². The minimum Gasteiger partial charge on any atom is -0.389 e. The summed E-state index contributed by atoms with van der Waals surface area (Å²) >= 11 is 6.06. The van der Waals surface area contributed by atoms with Crippen LogP contribution in [0.2, 0.25) is 0 Å². The third-order valence-electron chi connectivity index (χ3n) is 2.28. The van der Waals surface area contributed by atoms with Gasteiger partial charge >= 0.3 is 0 Å². The van der Waals surface area contributed by atoms with Crippen molar-refractivity contribution >= 4 is 34.2 Å². The number of nitrogens with two attached hydrogens (primary N) is 1. The van der Waals surface area contributed by atoms with Gasteiger partial charge in [0.1, 0.15) is 4.99 Å². The minimum atomic E-state index is -1.03. The molecule has 18 heavy (non-hydrogen) atoms. The summed E-state index contributed by atoms with van der Waals surface area (Å²) < 4.78 is 27.3. The molecular weight excluding hydrogens is 276 g/mol. The number of nitrogens with one attached hydrogen (secondary N) is 1. The van der Waals surface area contributed by atoms with Gasteiger partial charge in [0.25, 0.3) is 0 Å². The number of halogens is 2. The lowest BCUT2D eigenvalue weighted by Gasteiger charge is -2.09. The number of nitrogens with zero attached hydrogens (tertiary/aromatic N) is 1. The SMILES string of the molecule is NC(=S)c1ccc(NCc2cncs2)c(F)c1F. The maximum Gasteiger partial charge on any atom is 0.182 e. The van der Waals surface area contributed by atoms with E-state index < -0.39 is 11.6 Å². The average molecular weight is 285 g/mol. The zero-order valence-electron chi connectivity index (χ0n) is 9.11. The van der Waals surface area contributed by atoms with Crippen molar-refractivity contribution in [3.8, 4) is 0 Å². The van der Waals surface area contributed by atoms with Gasteiger partial charge in [-0.05, 0) is 12.1 Å². The molecule has 3 N–H and O–H groups in total. The van der Waals surface area contributed by atoms with Crippen molar-refractivity contribution in [3.63, 3.8) is 0 Å². The lowest BCUT2D eigenvalue weighted by Crippen LogP contribution is -2.13. The normalized spacial score (nSPS) is 10.3. The predicted molar refractivity (Wildman–Crippen MR) is 71.7 cm³/mol. The predicted octanol–water partition coefficient (Wildman–Crippen LogP) is 2.67. The van der Waals surface area contributed by atoms with Gasteiger partial charge in [-0.15, -0.1) is 11.3 Å². The van der Waals surface area contributed by atoms with Gasteiger partial charge in [-0.25, -0.2) is 8.78 Å². The van der Waals surface area contributed by atoms with E-state index in [4.69, 9.17) is 5.73 Å². The van der Waals surface area contributed by atoms with Gasteiger partial charge in [-0.2, -0.15) is 0 Å². The lowest BCUT2D eigenvalue weighted by molar-refractivity contribution is 0.509. The topological polar surface area (TPSA) is 50.9 Å². The largest absolute Gasteiger partial charge is 0.389 e. The smallest absolute Gasteiger partial charge is 0.182 e. The van der Waals surface area contributed by atoms with Crippen LogP contribution in [-0.4, -0.2) is 9.97 Å². The van der Waals surface area contributed by atoms with Crippen LogP contribution in [0.4, 0.5) is 14.5 Å². The molecule has 0 saturated carbocycles. The number of thiazole rings is 1. The number of aromatic nitrogens is 1. The van der Waals surface area contributed by atoms with Gasteiger partial charge in [0.05, 0.1) is 17.7 Å². The fourth-order valence-electron chi connectivity index (χ4n) is 1.39. The first-order valence-electron chi connectivity index (χ1n) is 4.98. The summed E-state index contributed by atoms with van der Waals surface area (Å²) in [6, 6.07) is 2.77. The molecule has 0 amide bonds. The van der Waals surface area contributed by atoms with Crippen molar-refractivity contribution in [1.29, 1.82) is 0 Å². The van der Waals surface area contributed by atoms with Crippen LogP contribution in [0.15, 0.2) is 23.8 Å². The average Bonchev–Trinajstić information content (AvgIpc) is 2.83. The number of anilines is 1. The Morgan fingerprint density at radius 3 is 2.78 bits per heavy atom. The fraction of sp³-hybridized carbons (Fsp3) is 0.0909. The molecule has 0 aliphatic rings. The number of hydrogen-bond acceptors (Lipinski definition) is 4. The van der Waals surface area contributed by atoms with E-state index in [-0.39, 0.29) is 16.2 Å². The Bertz CT molecular complexity index is 570. The Kier molecular flexibility index (Phi) is 3.83. The van der Waals surface area contributed by atoms with Gasteiger partial charge in [0.15, 0.2) is 11.6 Å². The molecule has 1 heterocycles. The van der Waals surface area contributed by atoms with Gasteiger partial charge in [-0.3, -0.25) is 4.98 Å². The number of rotatable bonds is 4. The summed E-state index contributed by atoms with van der Waals surface area (Å²) in [7, 11) is 0. The van der Waals surface area contributed by atoms with E-state index in [9.17, 15) is 8.78 Å². The highest BCUT2D eigenvalue weighted by Crippen LogP contribution is 2.21. The van der Waals surface area contributed by atoms with Crippen molar-refractivity contribution in [2.24, 2.45) is 5.73 Å². The molecule has 0 bridgehead atoms. The number of hydrogen-bond donors (Lipinski definition) is 2. The third-order valence-corrected chi connectivity index (χ3v) is 3.28. The Hall–Kier alpha value is -1.60. The molecule has 1 aromatic carbocycles. The van der Waals surface area contributed by atoms with Crippen molar-refractivity contribution in [1.82, 2.24) is 4.98 Å². The molecule has 0 saturated heterocycles. The maximum atomic E-state index is 13.7. The Labute approximate surface area is 112 Å². The summed E-state index contributed by atoms with van der Waals surface area (Å²) in [6.45, 7) is 0.382. The van der Waals surface area contributed by atoms with E-state index in [1.807, 2.05) is 0 Å². The number of thiocarbonyl (C=S) groups is 1. The molecule has 7 heteroatoms. The number of benzene rings is 1. The Balaban J connectivity index is 2.19. The van der Waals surface area contributed by atoms with Crippen LogP contribution in [0.3, 0.4) is 0 Å². The molecule has 94 valence electrons. The second-order valence-corrected chi connectivity index (χ2v) is 4.88. The first-order chi connectivity index (χ1) is 8.59. The zero-order chi connectivity index (χ0) is 13.1. The quantitative estimate of drug-likeness (QED) is 0.848. The van der Waals surface area contributed by atoms with Crippen molar-refractivity contribution in [3.05, 3.63) is 45.9 Å². The van der Waals surface area contributed by atoms with Gasteiger partial charge < -0.3 is 11.1 Å². The first kappa shape index (κ1) is 12.8. The van der Waals surface area contributed by atoms with E-state index in [0.29, 0.717) is 6.54 Å². The molecule has 0 atom stereocenters. The summed E-state index contributed by atoms with van der Waals surface area (Å²) in [5, 5.41) is 2.79. The summed E-state index contributed by atoms with van der Waals surface area (Å²) in [6.07, 6.45) is 1.66. The highest BCUT2D eigenvalue weighted by atomic mass is 32.1. The molecule has 0 spiro atoms. The molecule has 0 aliphatic carbocycles. The monoisotopic (exact) mass is 285 g/mol. The third kappa shape index (κ3) is 2.62. The fourth-order valence-corrected chi connectivity index (χ4v) is 2.08. The molecule has 3 nitrogen and oxygen atoms in total. The summed E-state index contributed by atoms with van der Waals surface area (Å²) in [5.41, 5.74) is 6.93. The van der Waals surface area contributed by atoms with Gasteiger partial charge in [0, 0.05) is 16.6 Å². The highest BCUT2D eigenvalue weighted by molar-refractivity contribution is 7.80. The van der Waals surface area contributed by atoms with Crippen molar-refractivity contribution in [2.45, 2.75) is 6.54 Å². The van der Waals surface area contributed by atoms with Crippen LogP contribution < -0.4 is 11.1 Å². The summed E-state index contributed by atoms with van der Waals surface area (Å²) in [4.78, 5) is 4.65. The van der Waals surface area contributed by atoms with Crippen LogP contribution in [0.25, 0.3) is 0 Å².